The molecular weight excluding hydrogens is 370 g/mol. The van der Waals surface area contributed by atoms with Crippen LogP contribution in [0.4, 0.5) is 0 Å². The number of carbonyl (C=O) groups is 2. The topological polar surface area (TPSA) is 62.3 Å². The minimum absolute atomic E-state index is 0.00387. The minimum atomic E-state index is -0.0176. The second kappa shape index (κ2) is 8.64. The number of likely N-dealkylation sites (tertiary alicyclic amines) is 1. The lowest BCUT2D eigenvalue weighted by Gasteiger charge is -2.31. The predicted molar refractivity (Wildman–Crippen MR) is 104 cm³/mol. The van der Waals surface area contributed by atoms with Crippen molar-refractivity contribution in [3.63, 3.8) is 0 Å². The number of nitrogens with zero attached hydrogens (tertiary/aromatic N) is 2. The molecule has 7 heteroatoms. The third-order valence-corrected chi connectivity index (χ3v) is 5.95. The average molecular weight is 392 g/mol. The smallest absolute Gasteiger partial charge is 0.255 e. The van der Waals surface area contributed by atoms with Gasteiger partial charge in [0.1, 0.15) is 0 Å². The zero-order valence-corrected chi connectivity index (χ0v) is 16.3. The van der Waals surface area contributed by atoms with Crippen molar-refractivity contribution < 1.29 is 9.59 Å². The number of nitrogens with one attached hydrogen (secondary N) is 1. The lowest BCUT2D eigenvalue weighted by molar-refractivity contribution is -0.118. The van der Waals surface area contributed by atoms with Crippen molar-refractivity contribution in [3.8, 4) is 0 Å². The fourth-order valence-electron chi connectivity index (χ4n) is 3.13. The van der Waals surface area contributed by atoms with Crippen LogP contribution in [0.15, 0.2) is 29.6 Å². The molecule has 2 aromatic rings. The van der Waals surface area contributed by atoms with E-state index < -0.39 is 0 Å². The van der Waals surface area contributed by atoms with Crippen LogP contribution < -0.4 is 5.32 Å². The number of amides is 2. The Morgan fingerprint density at radius 3 is 2.73 bits per heavy atom. The summed E-state index contributed by atoms with van der Waals surface area (Å²) >= 11 is 7.82. The fraction of sp³-hybridized carbons (Fsp3) is 0.421. The molecule has 1 aliphatic rings. The van der Waals surface area contributed by atoms with Crippen molar-refractivity contribution in [1.29, 1.82) is 0 Å². The molecule has 3 rings (SSSR count). The number of rotatable bonds is 5. The Morgan fingerprint density at radius 2 is 2.04 bits per heavy atom. The number of benzene rings is 1. The predicted octanol–water partition coefficient (Wildman–Crippen LogP) is 3.49. The summed E-state index contributed by atoms with van der Waals surface area (Å²) in [5, 5.41) is 6.50. The Balaban J connectivity index is 1.54. The van der Waals surface area contributed by atoms with Crippen LogP contribution in [0.3, 0.4) is 0 Å². The van der Waals surface area contributed by atoms with E-state index in [4.69, 9.17) is 16.6 Å². The van der Waals surface area contributed by atoms with Crippen LogP contribution in [-0.2, 0) is 11.2 Å². The quantitative estimate of drug-likeness (QED) is 0.848. The van der Waals surface area contributed by atoms with Gasteiger partial charge in [0.25, 0.3) is 5.91 Å². The number of hydrogen-bond acceptors (Lipinski definition) is 4. The lowest BCUT2D eigenvalue weighted by Crippen LogP contribution is -2.38. The number of hydrogen-bond donors (Lipinski definition) is 1. The van der Waals surface area contributed by atoms with Crippen LogP contribution in [0.25, 0.3) is 0 Å². The summed E-state index contributed by atoms with van der Waals surface area (Å²) in [7, 11) is 0. The first-order chi connectivity index (χ1) is 12.5. The van der Waals surface area contributed by atoms with E-state index in [1.807, 2.05) is 17.0 Å². The Kier molecular flexibility index (Phi) is 6.27. The number of halogens is 1. The van der Waals surface area contributed by atoms with Crippen LogP contribution in [-0.4, -0.2) is 41.3 Å². The lowest BCUT2D eigenvalue weighted by atomic mass is 9.97. The molecule has 0 atom stereocenters. The van der Waals surface area contributed by atoms with Crippen LogP contribution in [0.1, 0.15) is 46.7 Å². The van der Waals surface area contributed by atoms with Gasteiger partial charge >= 0.3 is 0 Å². The molecule has 2 amide bonds. The van der Waals surface area contributed by atoms with Crippen molar-refractivity contribution in [1.82, 2.24) is 15.2 Å². The molecule has 0 aliphatic carbocycles. The van der Waals surface area contributed by atoms with Crippen LogP contribution in [0, 0.1) is 0 Å². The van der Waals surface area contributed by atoms with Crippen molar-refractivity contribution in [2.75, 3.05) is 19.6 Å². The standard InChI is InChI=1S/C19H22ClN3O2S/c1-13(24)21-9-6-15-12-26-18(22-15)14-7-10-23(11-8-14)19(25)16-4-2-3-5-17(16)20/h2-5,12,14H,6-11H2,1H3,(H,21,24). The van der Waals surface area contributed by atoms with E-state index in [2.05, 4.69) is 10.7 Å². The maximum Gasteiger partial charge on any atom is 0.255 e. The molecule has 1 fully saturated rings. The monoisotopic (exact) mass is 391 g/mol. The molecule has 1 aromatic heterocycles. The summed E-state index contributed by atoms with van der Waals surface area (Å²) in [5.74, 6) is 0.380. The molecule has 0 spiro atoms. The van der Waals surface area contributed by atoms with E-state index >= 15 is 0 Å². The van der Waals surface area contributed by atoms with Crippen molar-refractivity contribution in [2.45, 2.75) is 32.1 Å². The van der Waals surface area contributed by atoms with E-state index in [1.165, 1.54) is 6.92 Å². The average Bonchev–Trinajstić information content (AvgIpc) is 3.10. The Hall–Kier alpha value is -1.92. The van der Waals surface area contributed by atoms with Gasteiger partial charge in [0.15, 0.2) is 0 Å². The summed E-state index contributed by atoms with van der Waals surface area (Å²) < 4.78 is 0. The summed E-state index contributed by atoms with van der Waals surface area (Å²) in [6.07, 6.45) is 2.57. The third kappa shape index (κ3) is 4.62. The van der Waals surface area contributed by atoms with Gasteiger partial charge in [-0.05, 0) is 25.0 Å². The molecule has 26 heavy (non-hydrogen) atoms. The molecule has 1 saturated heterocycles. The van der Waals surface area contributed by atoms with Gasteiger partial charge in [0.2, 0.25) is 5.91 Å². The highest BCUT2D eigenvalue weighted by Crippen LogP contribution is 2.31. The molecular formula is C19H22ClN3O2S. The second-order valence-corrected chi connectivity index (χ2v) is 7.75. The number of piperidine rings is 1. The van der Waals surface area contributed by atoms with E-state index in [-0.39, 0.29) is 11.8 Å². The van der Waals surface area contributed by atoms with E-state index in [1.54, 1.807) is 23.5 Å². The zero-order valence-electron chi connectivity index (χ0n) is 14.7. The fourth-order valence-corrected chi connectivity index (χ4v) is 4.37. The molecule has 138 valence electrons. The molecule has 5 nitrogen and oxygen atoms in total. The SMILES string of the molecule is CC(=O)NCCc1csc(C2CCN(C(=O)c3ccccc3Cl)CC2)n1. The maximum atomic E-state index is 12.6. The highest BCUT2D eigenvalue weighted by Gasteiger charge is 2.27. The summed E-state index contributed by atoms with van der Waals surface area (Å²) in [6, 6.07) is 7.19. The summed E-state index contributed by atoms with van der Waals surface area (Å²) in [5.41, 5.74) is 1.59. The van der Waals surface area contributed by atoms with Gasteiger partial charge in [-0.2, -0.15) is 0 Å². The van der Waals surface area contributed by atoms with E-state index in [0.29, 0.717) is 23.0 Å². The molecule has 1 aliphatic heterocycles. The van der Waals surface area contributed by atoms with E-state index in [0.717, 1.165) is 43.1 Å². The first-order valence-corrected chi connectivity index (χ1v) is 10.0. The molecule has 2 heterocycles. The molecule has 0 bridgehead atoms. The molecule has 0 radical (unpaired) electrons. The largest absolute Gasteiger partial charge is 0.356 e. The van der Waals surface area contributed by atoms with Gasteiger partial charge in [0, 0.05) is 44.3 Å². The Morgan fingerprint density at radius 1 is 1.31 bits per heavy atom. The third-order valence-electron chi connectivity index (χ3n) is 4.56. The molecule has 1 N–H and O–H groups in total. The van der Waals surface area contributed by atoms with Gasteiger partial charge in [0.05, 0.1) is 21.3 Å². The van der Waals surface area contributed by atoms with Crippen LogP contribution in [0.2, 0.25) is 5.02 Å². The maximum absolute atomic E-state index is 12.6. The highest BCUT2D eigenvalue weighted by molar-refractivity contribution is 7.09. The first kappa shape index (κ1) is 18.9. The summed E-state index contributed by atoms with van der Waals surface area (Å²) in [4.78, 5) is 30.2. The van der Waals surface area contributed by atoms with Crippen molar-refractivity contribution in [3.05, 3.63) is 50.9 Å². The number of carbonyl (C=O) groups excluding carboxylic acids is 2. The van der Waals surface area contributed by atoms with E-state index in [9.17, 15) is 9.59 Å². The second-order valence-electron chi connectivity index (χ2n) is 6.46. The van der Waals surface area contributed by atoms with Gasteiger partial charge in [-0.3, -0.25) is 9.59 Å². The number of thiazole rings is 1. The van der Waals surface area contributed by atoms with Gasteiger partial charge in [-0.25, -0.2) is 4.98 Å². The van der Waals surface area contributed by atoms with Crippen molar-refractivity contribution >= 4 is 34.8 Å². The van der Waals surface area contributed by atoms with Gasteiger partial charge in [-0.1, -0.05) is 23.7 Å². The van der Waals surface area contributed by atoms with Crippen LogP contribution in [0.5, 0.6) is 0 Å². The molecule has 0 unspecified atom stereocenters. The van der Waals surface area contributed by atoms with Crippen LogP contribution >= 0.6 is 22.9 Å². The minimum Gasteiger partial charge on any atom is -0.356 e. The highest BCUT2D eigenvalue weighted by atomic mass is 35.5. The Bertz CT molecular complexity index is 785. The van der Waals surface area contributed by atoms with Crippen molar-refractivity contribution in [2.24, 2.45) is 0 Å². The normalized spacial score (nSPS) is 15.1. The van der Waals surface area contributed by atoms with Gasteiger partial charge in [-0.15, -0.1) is 11.3 Å². The van der Waals surface area contributed by atoms with Gasteiger partial charge < -0.3 is 10.2 Å². The summed E-state index contributed by atoms with van der Waals surface area (Å²) in [6.45, 7) is 3.57. The Labute approximate surface area is 162 Å². The molecule has 0 saturated carbocycles. The molecule has 1 aromatic carbocycles. The first-order valence-electron chi connectivity index (χ1n) is 8.77. The zero-order chi connectivity index (χ0) is 18.5. The number of aromatic nitrogens is 1.